The summed E-state index contributed by atoms with van der Waals surface area (Å²) in [5.74, 6) is -1.07. The molecule has 1 aliphatic rings. The molecule has 1 aromatic carbocycles. The second kappa shape index (κ2) is 7.40. The van der Waals surface area contributed by atoms with E-state index in [-0.39, 0.29) is 5.92 Å². The first-order chi connectivity index (χ1) is 10.5. The molecule has 5 heteroatoms. The number of nitrogens with one attached hydrogen (secondary N) is 1. The van der Waals surface area contributed by atoms with Gasteiger partial charge in [0.25, 0.3) is 0 Å². The molecular weight excluding hydrogens is 280 g/mol. The topological polar surface area (TPSA) is 69.6 Å². The summed E-state index contributed by atoms with van der Waals surface area (Å²) in [6.07, 6.45) is 2.04. The molecule has 2 atom stereocenters. The highest BCUT2D eigenvalue weighted by atomic mass is 16.3. The molecular formula is C17H24N2O3. The molecule has 0 spiro atoms. The van der Waals surface area contributed by atoms with Crippen molar-refractivity contribution in [2.24, 2.45) is 5.92 Å². The Labute approximate surface area is 131 Å². The van der Waals surface area contributed by atoms with E-state index in [1.165, 1.54) is 0 Å². The molecule has 0 radical (unpaired) electrons. The quantitative estimate of drug-likeness (QED) is 0.837. The minimum atomic E-state index is -0.604. The van der Waals surface area contributed by atoms with E-state index in [0.29, 0.717) is 18.8 Å². The fourth-order valence-electron chi connectivity index (χ4n) is 2.86. The molecule has 1 fully saturated rings. The first-order valence-corrected chi connectivity index (χ1v) is 7.89. The fourth-order valence-corrected chi connectivity index (χ4v) is 2.86. The van der Waals surface area contributed by atoms with E-state index in [1.807, 2.05) is 25.1 Å². The number of anilines is 1. The second-order valence-corrected chi connectivity index (χ2v) is 5.86. The number of likely N-dealkylation sites (tertiary alicyclic amines) is 1. The summed E-state index contributed by atoms with van der Waals surface area (Å²) in [6.45, 7) is 4.76. The minimum Gasteiger partial charge on any atom is -0.393 e. The molecule has 0 saturated carbocycles. The average molecular weight is 304 g/mol. The molecule has 22 heavy (non-hydrogen) atoms. The highest BCUT2D eigenvalue weighted by Gasteiger charge is 2.29. The third kappa shape index (κ3) is 3.85. The Bertz CT molecular complexity index is 542. The minimum absolute atomic E-state index is 0.0495. The van der Waals surface area contributed by atoms with Crippen molar-refractivity contribution in [3.63, 3.8) is 0 Å². The number of rotatable bonds is 3. The van der Waals surface area contributed by atoms with Gasteiger partial charge in [-0.05, 0) is 37.8 Å². The number of benzene rings is 1. The Kier molecular flexibility index (Phi) is 5.55. The van der Waals surface area contributed by atoms with Crippen LogP contribution in [0.4, 0.5) is 5.69 Å². The number of hydrogen-bond acceptors (Lipinski definition) is 3. The number of carbonyl (C=O) groups is 2. The third-order valence-electron chi connectivity index (χ3n) is 4.27. The molecule has 2 N–H and O–H groups in total. The van der Waals surface area contributed by atoms with Crippen LogP contribution in [-0.4, -0.2) is 41.0 Å². The van der Waals surface area contributed by atoms with Gasteiger partial charge in [-0.1, -0.05) is 25.1 Å². The fraction of sp³-hybridized carbons (Fsp3) is 0.529. The van der Waals surface area contributed by atoms with E-state index >= 15 is 0 Å². The van der Waals surface area contributed by atoms with Gasteiger partial charge in [-0.25, -0.2) is 0 Å². The Morgan fingerprint density at radius 3 is 2.82 bits per heavy atom. The van der Waals surface area contributed by atoms with E-state index in [1.54, 1.807) is 17.9 Å². The van der Waals surface area contributed by atoms with Crippen LogP contribution < -0.4 is 5.32 Å². The van der Waals surface area contributed by atoms with Crippen molar-refractivity contribution in [1.82, 2.24) is 4.90 Å². The average Bonchev–Trinajstić information content (AvgIpc) is 2.54. The zero-order valence-electron chi connectivity index (χ0n) is 13.2. The van der Waals surface area contributed by atoms with Crippen molar-refractivity contribution in [1.29, 1.82) is 0 Å². The van der Waals surface area contributed by atoms with Crippen molar-refractivity contribution < 1.29 is 14.7 Å². The van der Waals surface area contributed by atoms with Gasteiger partial charge in [0, 0.05) is 24.7 Å². The first-order valence-electron chi connectivity index (χ1n) is 7.89. The van der Waals surface area contributed by atoms with Crippen LogP contribution in [0.15, 0.2) is 24.3 Å². The lowest BCUT2D eigenvalue weighted by atomic mass is 9.93. The molecule has 0 aliphatic carbocycles. The number of piperidine rings is 1. The first kappa shape index (κ1) is 16.5. The van der Waals surface area contributed by atoms with E-state index in [2.05, 4.69) is 5.32 Å². The monoisotopic (exact) mass is 304 g/mol. The second-order valence-electron chi connectivity index (χ2n) is 5.86. The van der Waals surface area contributed by atoms with Crippen LogP contribution in [0.1, 0.15) is 32.3 Å². The van der Waals surface area contributed by atoms with Crippen LogP contribution >= 0.6 is 0 Å². The van der Waals surface area contributed by atoms with Gasteiger partial charge in [-0.3, -0.25) is 9.59 Å². The SMILES string of the molecule is CCc1ccccc1NC(=O)C(=O)N1CCCC(C(C)O)C1. The number of para-hydroxylation sites is 1. The normalized spacial score (nSPS) is 19.6. The number of hydrogen-bond donors (Lipinski definition) is 2. The lowest BCUT2D eigenvalue weighted by Crippen LogP contribution is -2.47. The predicted molar refractivity (Wildman–Crippen MR) is 85.4 cm³/mol. The van der Waals surface area contributed by atoms with Crippen molar-refractivity contribution in [2.75, 3.05) is 18.4 Å². The molecule has 2 unspecified atom stereocenters. The van der Waals surface area contributed by atoms with Crippen molar-refractivity contribution >= 4 is 17.5 Å². The summed E-state index contributed by atoms with van der Waals surface area (Å²) in [7, 11) is 0. The van der Waals surface area contributed by atoms with Crippen molar-refractivity contribution in [2.45, 2.75) is 39.2 Å². The molecule has 0 aromatic heterocycles. The molecule has 1 saturated heterocycles. The summed E-state index contributed by atoms with van der Waals surface area (Å²) < 4.78 is 0. The van der Waals surface area contributed by atoms with E-state index < -0.39 is 17.9 Å². The van der Waals surface area contributed by atoms with Crippen LogP contribution in [0.5, 0.6) is 0 Å². The summed E-state index contributed by atoms with van der Waals surface area (Å²) in [5, 5.41) is 12.4. The molecule has 1 aromatic rings. The highest BCUT2D eigenvalue weighted by Crippen LogP contribution is 2.20. The van der Waals surface area contributed by atoms with Crippen LogP contribution in [-0.2, 0) is 16.0 Å². The number of carbonyl (C=O) groups excluding carboxylic acids is 2. The Morgan fingerprint density at radius 1 is 1.41 bits per heavy atom. The lowest BCUT2D eigenvalue weighted by molar-refractivity contribution is -0.144. The number of amides is 2. The van der Waals surface area contributed by atoms with Gasteiger partial charge in [0.2, 0.25) is 0 Å². The van der Waals surface area contributed by atoms with E-state index in [4.69, 9.17) is 0 Å². The summed E-state index contributed by atoms with van der Waals surface area (Å²) in [4.78, 5) is 26.0. The van der Waals surface area contributed by atoms with Gasteiger partial charge in [-0.15, -0.1) is 0 Å². The van der Waals surface area contributed by atoms with Crippen molar-refractivity contribution in [3.8, 4) is 0 Å². The summed E-state index contributed by atoms with van der Waals surface area (Å²) in [5.41, 5.74) is 1.69. The van der Waals surface area contributed by atoms with Gasteiger partial charge in [-0.2, -0.15) is 0 Å². The number of nitrogens with zero attached hydrogens (tertiary/aromatic N) is 1. The number of aliphatic hydroxyl groups excluding tert-OH is 1. The maximum atomic E-state index is 12.3. The van der Waals surface area contributed by atoms with Crippen LogP contribution in [0.3, 0.4) is 0 Å². The molecule has 1 aliphatic heterocycles. The van der Waals surface area contributed by atoms with Crippen LogP contribution in [0, 0.1) is 5.92 Å². The smallest absolute Gasteiger partial charge is 0.313 e. The number of aryl methyl sites for hydroxylation is 1. The largest absolute Gasteiger partial charge is 0.393 e. The standard InChI is InChI=1S/C17H24N2O3/c1-3-13-7-4-5-9-15(13)18-16(21)17(22)19-10-6-8-14(11-19)12(2)20/h4-5,7,9,12,14,20H,3,6,8,10-11H2,1-2H3,(H,18,21). The Balaban J connectivity index is 2.01. The molecule has 0 bridgehead atoms. The zero-order valence-corrected chi connectivity index (χ0v) is 13.2. The third-order valence-corrected chi connectivity index (χ3v) is 4.27. The molecule has 5 nitrogen and oxygen atoms in total. The summed E-state index contributed by atoms with van der Waals surface area (Å²) >= 11 is 0. The van der Waals surface area contributed by atoms with Gasteiger partial charge in [0.15, 0.2) is 0 Å². The predicted octanol–water partition coefficient (Wildman–Crippen LogP) is 1.81. The van der Waals surface area contributed by atoms with Gasteiger partial charge in [0.1, 0.15) is 0 Å². The van der Waals surface area contributed by atoms with E-state index in [9.17, 15) is 14.7 Å². The Morgan fingerprint density at radius 2 is 2.14 bits per heavy atom. The molecule has 1 heterocycles. The molecule has 120 valence electrons. The Hall–Kier alpha value is -1.88. The van der Waals surface area contributed by atoms with E-state index in [0.717, 1.165) is 24.8 Å². The van der Waals surface area contributed by atoms with Crippen molar-refractivity contribution in [3.05, 3.63) is 29.8 Å². The van der Waals surface area contributed by atoms with Crippen LogP contribution in [0.2, 0.25) is 0 Å². The van der Waals surface area contributed by atoms with Crippen LogP contribution in [0.25, 0.3) is 0 Å². The maximum Gasteiger partial charge on any atom is 0.313 e. The maximum absolute atomic E-state index is 12.3. The summed E-state index contributed by atoms with van der Waals surface area (Å²) in [6, 6.07) is 7.49. The number of aliphatic hydroxyl groups is 1. The zero-order chi connectivity index (χ0) is 16.1. The van der Waals surface area contributed by atoms with Gasteiger partial charge in [0.05, 0.1) is 6.10 Å². The molecule has 2 rings (SSSR count). The van der Waals surface area contributed by atoms with Gasteiger partial charge >= 0.3 is 11.8 Å². The van der Waals surface area contributed by atoms with Gasteiger partial charge < -0.3 is 15.3 Å². The molecule has 2 amide bonds. The lowest BCUT2D eigenvalue weighted by Gasteiger charge is -2.33. The highest BCUT2D eigenvalue weighted by molar-refractivity contribution is 6.39.